The van der Waals surface area contributed by atoms with Gasteiger partial charge in [-0.1, -0.05) is 36.4 Å². The summed E-state index contributed by atoms with van der Waals surface area (Å²) in [4.78, 5) is 0. The molecule has 0 N–H and O–H groups in total. The molecule has 4 aromatic rings. The van der Waals surface area contributed by atoms with E-state index in [4.69, 9.17) is 0 Å². The Morgan fingerprint density at radius 1 is 0.625 bits per heavy atom. The Morgan fingerprint density at radius 2 is 1.38 bits per heavy atom. The summed E-state index contributed by atoms with van der Waals surface area (Å²) in [6, 6.07) is 22.2. The quantitative estimate of drug-likeness (QED) is 0.338. The van der Waals surface area contributed by atoms with Crippen LogP contribution in [0.3, 0.4) is 0 Å². The standard InChI is InChI=1S/C23H20N/c1-6-14-24(15-7-1)23-16-22-18-9-3-2-8-17(18)12-13-20(22)19-10-4-5-11-21(19)23/h1,4-7,10-16H,2-3,8-9H2/q+1. The molecule has 0 radical (unpaired) electrons. The van der Waals surface area contributed by atoms with Gasteiger partial charge in [0, 0.05) is 18.2 Å². The first kappa shape index (κ1) is 13.7. The largest absolute Gasteiger partial charge is 0.219 e. The molecule has 24 heavy (non-hydrogen) atoms. The molecular weight excluding hydrogens is 290 g/mol. The molecule has 0 atom stereocenters. The summed E-state index contributed by atoms with van der Waals surface area (Å²) in [6.07, 6.45) is 9.36. The molecule has 0 fully saturated rings. The summed E-state index contributed by atoms with van der Waals surface area (Å²) >= 11 is 0. The molecule has 0 bridgehead atoms. The Hall–Kier alpha value is -2.67. The van der Waals surface area contributed by atoms with E-state index < -0.39 is 0 Å². The van der Waals surface area contributed by atoms with Crippen LogP contribution in [0, 0.1) is 0 Å². The van der Waals surface area contributed by atoms with Crippen molar-refractivity contribution in [2.45, 2.75) is 25.7 Å². The van der Waals surface area contributed by atoms with Crippen LogP contribution in [0.15, 0.2) is 73.1 Å². The van der Waals surface area contributed by atoms with E-state index in [0.29, 0.717) is 0 Å². The molecule has 0 aliphatic heterocycles. The summed E-state index contributed by atoms with van der Waals surface area (Å²) in [6.45, 7) is 0. The van der Waals surface area contributed by atoms with Gasteiger partial charge in [0.2, 0.25) is 5.69 Å². The Kier molecular flexibility index (Phi) is 3.12. The van der Waals surface area contributed by atoms with E-state index in [-0.39, 0.29) is 0 Å². The molecule has 1 aliphatic carbocycles. The summed E-state index contributed by atoms with van der Waals surface area (Å²) < 4.78 is 2.24. The van der Waals surface area contributed by atoms with Crippen molar-refractivity contribution in [2.75, 3.05) is 0 Å². The lowest BCUT2D eigenvalue weighted by atomic mass is 9.86. The minimum absolute atomic E-state index is 1.21. The molecule has 0 unspecified atom stereocenters. The van der Waals surface area contributed by atoms with Gasteiger partial charge in [-0.15, -0.1) is 0 Å². The van der Waals surface area contributed by atoms with E-state index in [2.05, 4.69) is 77.6 Å². The molecule has 1 aromatic heterocycles. The van der Waals surface area contributed by atoms with Crippen LogP contribution in [-0.4, -0.2) is 0 Å². The third-order valence-corrected chi connectivity index (χ3v) is 5.34. The van der Waals surface area contributed by atoms with Gasteiger partial charge in [-0.2, -0.15) is 4.57 Å². The maximum atomic E-state index is 2.40. The lowest BCUT2D eigenvalue weighted by Gasteiger charge is -2.19. The van der Waals surface area contributed by atoms with Crippen molar-refractivity contribution in [1.29, 1.82) is 0 Å². The van der Waals surface area contributed by atoms with E-state index in [1.54, 1.807) is 11.1 Å². The van der Waals surface area contributed by atoms with Gasteiger partial charge >= 0.3 is 0 Å². The summed E-state index contributed by atoms with van der Waals surface area (Å²) in [5, 5.41) is 5.51. The van der Waals surface area contributed by atoms with Crippen LogP contribution in [-0.2, 0) is 12.8 Å². The maximum Gasteiger partial charge on any atom is 0.219 e. The van der Waals surface area contributed by atoms with Crippen molar-refractivity contribution in [1.82, 2.24) is 0 Å². The Bertz CT molecular complexity index is 1050. The number of pyridine rings is 1. The zero-order chi connectivity index (χ0) is 15.9. The molecular formula is C23H20N+. The van der Waals surface area contributed by atoms with Gasteiger partial charge in [-0.25, -0.2) is 0 Å². The van der Waals surface area contributed by atoms with Crippen LogP contribution < -0.4 is 4.57 Å². The third kappa shape index (κ3) is 2.05. The average molecular weight is 310 g/mol. The first-order valence-electron chi connectivity index (χ1n) is 8.85. The van der Waals surface area contributed by atoms with Crippen LogP contribution in [0.25, 0.3) is 27.2 Å². The molecule has 1 aliphatic rings. The zero-order valence-corrected chi connectivity index (χ0v) is 13.7. The Morgan fingerprint density at radius 3 is 2.25 bits per heavy atom. The second kappa shape index (κ2) is 5.45. The fourth-order valence-corrected chi connectivity index (χ4v) is 4.18. The molecule has 0 saturated carbocycles. The fraction of sp³-hybridized carbons (Fsp3) is 0.174. The molecule has 116 valence electrons. The van der Waals surface area contributed by atoms with Gasteiger partial charge in [0.05, 0.1) is 5.39 Å². The van der Waals surface area contributed by atoms with Gasteiger partial charge in [-0.3, -0.25) is 0 Å². The molecule has 5 rings (SSSR count). The molecule has 1 nitrogen and oxygen atoms in total. The average Bonchev–Trinajstić information content (AvgIpc) is 2.67. The second-order valence-electron chi connectivity index (χ2n) is 6.73. The predicted molar refractivity (Wildman–Crippen MR) is 99.6 cm³/mol. The number of benzene rings is 3. The molecule has 0 spiro atoms. The van der Waals surface area contributed by atoms with Crippen LogP contribution in [0.2, 0.25) is 0 Å². The number of hydrogen-bond acceptors (Lipinski definition) is 0. The van der Waals surface area contributed by atoms with Crippen molar-refractivity contribution in [3.63, 3.8) is 0 Å². The predicted octanol–water partition coefficient (Wildman–Crippen LogP) is 5.15. The Balaban J connectivity index is 1.94. The minimum atomic E-state index is 1.21. The smallest absolute Gasteiger partial charge is 0.167 e. The fourth-order valence-electron chi connectivity index (χ4n) is 4.18. The van der Waals surface area contributed by atoms with Gasteiger partial charge < -0.3 is 0 Å². The second-order valence-corrected chi connectivity index (χ2v) is 6.73. The normalized spacial score (nSPS) is 14.0. The number of aryl methyl sites for hydroxylation is 2. The van der Waals surface area contributed by atoms with Crippen molar-refractivity contribution < 1.29 is 4.57 Å². The van der Waals surface area contributed by atoms with Crippen LogP contribution in [0.5, 0.6) is 0 Å². The van der Waals surface area contributed by atoms with Crippen LogP contribution >= 0.6 is 0 Å². The highest BCUT2D eigenvalue weighted by atomic mass is 14.9. The highest BCUT2D eigenvalue weighted by Crippen LogP contribution is 2.35. The van der Waals surface area contributed by atoms with E-state index in [9.17, 15) is 0 Å². The van der Waals surface area contributed by atoms with Gasteiger partial charge in [0.25, 0.3) is 0 Å². The lowest BCUT2D eigenvalue weighted by Crippen LogP contribution is -2.29. The van der Waals surface area contributed by atoms with Gasteiger partial charge in [0.15, 0.2) is 12.4 Å². The van der Waals surface area contributed by atoms with E-state index in [1.165, 1.54) is 52.9 Å². The molecule has 1 heteroatoms. The highest BCUT2D eigenvalue weighted by molar-refractivity contribution is 6.11. The first-order valence-corrected chi connectivity index (χ1v) is 8.85. The van der Waals surface area contributed by atoms with Crippen molar-refractivity contribution >= 4 is 21.5 Å². The minimum Gasteiger partial charge on any atom is -0.167 e. The summed E-state index contributed by atoms with van der Waals surface area (Å²) in [5.41, 5.74) is 4.40. The van der Waals surface area contributed by atoms with Gasteiger partial charge in [0.1, 0.15) is 0 Å². The molecule has 3 aromatic carbocycles. The third-order valence-electron chi connectivity index (χ3n) is 5.34. The molecule has 0 amide bonds. The maximum absolute atomic E-state index is 2.40. The highest BCUT2D eigenvalue weighted by Gasteiger charge is 2.18. The monoisotopic (exact) mass is 310 g/mol. The number of rotatable bonds is 1. The summed E-state index contributed by atoms with van der Waals surface area (Å²) in [5.74, 6) is 0. The van der Waals surface area contributed by atoms with Gasteiger partial charge in [-0.05, 0) is 59.0 Å². The number of hydrogen-bond donors (Lipinski definition) is 0. The van der Waals surface area contributed by atoms with E-state index >= 15 is 0 Å². The Labute approximate surface area is 142 Å². The number of nitrogens with zero attached hydrogens (tertiary/aromatic N) is 1. The lowest BCUT2D eigenvalue weighted by molar-refractivity contribution is -0.594. The van der Waals surface area contributed by atoms with Crippen molar-refractivity contribution in [2.24, 2.45) is 0 Å². The van der Waals surface area contributed by atoms with E-state index in [1.807, 2.05) is 0 Å². The topological polar surface area (TPSA) is 3.88 Å². The van der Waals surface area contributed by atoms with Crippen LogP contribution in [0.1, 0.15) is 24.0 Å². The molecule has 1 heterocycles. The molecule has 0 saturated heterocycles. The van der Waals surface area contributed by atoms with E-state index in [0.717, 1.165) is 0 Å². The SMILES string of the molecule is c1cc[n+](-c2cc3c4c(ccc3c3ccccc23)CCCC4)cc1. The van der Waals surface area contributed by atoms with Crippen molar-refractivity contribution in [3.8, 4) is 5.69 Å². The first-order chi connectivity index (χ1) is 11.9. The van der Waals surface area contributed by atoms with Crippen molar-refractivity contribution in [3.05, 3.63) is 84.2 Å². The summed E-state index contributed by atoms with van der Waals surface area (Å²) in [7, 11) is 0. The number of fused-ring (bicyclic) bond motifs is 5. The zero-order valence-electron chi connectivity index (χ0n) is 13.7. The van der Waals surface area contributed by atoms with Crippen LogP contribution in [0.4, 0.5) is 0 Å². The number of aromatic nitrogens is 1.